The first-order valence-corrected chi connectivity index (χ1v) is 2.81. The Morgan fingerprint density at radius 2 is 1.36 bits per heavy atom. The SMILES string of the molecule is C.C.c1ccc2c(c1)OCO2. The highest BCUT2D eigenvalue weighted by Gasteiger charge is 2.09. The van der Waals surface area contributed by atoms with Gasteiger partial charge in [0, 0.05) is 0 Å². The summed E-state index contributed by atoms with van der Waals surface area (Å²) < 4.78 is 10.2. The van der Waals surface area contributed by atoms with Crippen LogP contribution in [0.2, 0.25) is 0 Å². The lowest BCUT2D eigenvalue weighted by molar-refractivity contribution is 0.174. The van der Waals surface area contributed by atoms with Gasteiger partial charge in [0.25, 0.3) is 0 Å². The van der Waals surface area contributed by atoms with Crippen molar-refractivity contribution in [2.75, 3.05) is 6.79 Å². The number of fused-ring (bicyclic) bond motifs is 1. The van der Waals surface area contributed by atoms with E-state index in [0.29, 0.717) is 6.79 Å². The summed E-state index contributed by atoms with van der Waals surface area (Å²) in [5, 5.41) is 0. The third kappa shape index (κ3) is 1.64. The summed E-state index contributed by atoms with van der Waals surface area (Å²) in [6, 6.07) is 7.63. The van der Waals surface area contributed by atoms with E-state index >= 15 is 0 Å². The molecule has 62 valence electrons. The summed E-state index contributed by atoms with van der Waals surface area (Å²) in [6.07, 6.45) is 0. The fourth-order valence-electron chi connectivity index (χ4n) is 0.845. The summed E-state index contributed by atoms with van der Waals surface area (Å²) in [6.45, 7) is 0.360. The first-order valence-electron chi connectivity index (χ1n) is 2.81. The molecule has 0 unspecified atom stereocenters. The van der Waals surface area contributed by atoms with Crippen molar-refractivity contribution >= 4 is 0 Å². The Hall–Kier alpha value is -1.18. The van der Waals surface area contributed by atoms with Crippen molar-refractivity contribution < 1.29 is 9.47 Å². The van der Waals surface area contributed by atoms with Crippen molar-refractivity contribution in [2.45, 2.75) is 14.9 Å². The Kier molecular flexibility index (Phi) is 3.45. The van der Waals surface area contributed by atoms with Gasteiger partial charge >= 0.3 is 0 Å². The minimum absolute atomic E-state index is 0. The molecule has 0 spiro atoms. The predicted molar refractivity (Wildman–Crippen MR) is 46.0 cm³/mol. The van der Waals surface area contributed by atoms with Crippen molar-refractivity contribution in [2.24, 2.45) is 0 Å². The molecule has 1 aliphatic rings. The van der Waals surface area contributed by atoms with E-state index < -0.39 is 0 Å². The molecule has 0 N–H and O–H groups in total. The zero-order valence-corrected chi connectivity index (χ0v) is 4.83. The summed E-state index contributed by atoms with van der Waals surface area (Å²) in [4.78, 5) is 0. The summed E-state index contributed by atoms with van der Waals surface area (Å²) >= 11 is 0. The topological polar surface area (TPSA) is 18.5 Å². The highest BCUT2D eigenvalue weighted by molar-refractivity contribution is 5.40. The highest BCUT2D eigenvalue weighted by atomic mass is 16.7. The van der Waals surface area contributed by atoms with Gasteiger partial charge in [-0.05, 0) is 12.1 Å². The van der Waals surface area contributed by atoms with E-state index in [4.69, 9.17) is 9.47 Å². The molecule has 0 fully saturated rings. The molecule has 0 saturated carbocycles. The van der Waals surface area contributed by atoms with Crippen molar-refractivity contribution in [1.82, 2.24) is 0 Å². The molecule has 2 rings (SSSR count). The number of benzene rings is 1. The first kappa shape index (κ1) is 9.82. The van der Waals surface area contributed by atoms with Gasteiger partial charge in [0.15, 0.2) is 11.5 Å². The van der Waals surface area contributed by atoms with Gasteiger partial charge < -0.3 is 9.47 Å². The van der Waals surface area contributed by atoms with Crippen LogP contribution in [0.5, 0.6) is 11.5 Å². The van der Waals surface area contributed by atoms with E-state index in [-0.39, 0.29) is 14.9 Å². The normalized spacial score (nSPS) is 11.3. The van der Waals surface area contributed by atoms with Gasteiger partial charge in [-0.25, -0.2) is 0 Å². The van der Waals surface area contributed by atoms with Gasteiger partial charge in [-0.3, -0.25) is 0 Å². The Morgan fingerprint density at radius 3 is 1.82 bits per heavy atom. The van der Waals surface area contributed by atoms with E-state index in [0.717, 1.165) is 11.5 Å². The highest BCUT2D eigenvalue weighted by Crippen LogP contribution is 2.30. The predicted octanol–water partition coefficient (Wildman–Crippen LogP) is 2.69. The van der Waals surface area contributed by atoms with Crippen LogP contribution in [-0.2, 0) is 0 Å². The standard InChI is InChI=1S/C7H6O2.2CH4/c1-2-4-7-6(3-1)8-5-9-7;;/h1-4H,5H2;2*1H4. The Balaban J connectivity index is 0.000000500. The lowest BCUT2D eigenvalue weighted by atomic mass is 10.3. The van der Waals surface area contributed by atoms with Gasteiger partial charge in [0.1, 0.15) is 0 Å². The van der Waals surface area contributed by atoms with Gasteiger partial charge in [-0.15, -0.1) is 0 Å². The number of rotatable bonds is 0. The van der Waals surface area contributed by atoms with Crippen molar-refractivity contribution in [3.8, 4) is 11.5 Å². The number of para-hydroxylation sites is 2. The molecule has 1 heterocycles. The zero-order valence-electron chi connectivity index (χ0n) is 4.83. The molecule has 0 atom stereocenters. The van der Waals surface area contributed by atoms with Crippen molar-refractivity contribution in [1.29, 1.82) is 0 Å². The number of ether oxygens (including phenoxy) is 2. The summed E-state index contributed by atoms with van der Waals surface area (Å²) in [5.74, 6) is 1.69. The van der Waals surface area contributed by atoms with Crippen LogP contribution in [0.1, 0.15) is 14.9 Å². The van der Waals surface area contributed by atoms with Gasteiger partial charge in [0.05, 0.1) is 0 Å². The van der Waals surface area contributed by atoms with E-state index in [1.165, 1.54) is 0 Å². The molecular formula is C9H14O2. The third-order valence-corrected chi connectivity index (χ3v) is 1.28. The second-order valence-electron chi connectivity index (χ2n) is 1.85. The van der Waals surface area contributed by atoms with E-state index in [1.54, 1.807) is 0 Å². The molecule has 0 aromatic heterocycles. The van der Waals surface area contributed by atoms with E-state index in [1.807, 2.05) is 24.3 Å². The van der Waals surface area contributed by atoms with Gasteiger partial charge in [-0.1, -0.05) is 27.0 Å². The average molecular weight is 154 g/mol. The summed E-state index contributed by atoms with van der Waals surface area (Å²) in [7, 11) is 0. The second-order valence-corrected chi connectivity index (χ2v) is 1.85. The lowest BCUT2D eigenvalue weighted by Gasteiger charge is -1.89. The summed E-state index contributed by atoms with van der Waals surface area (Å²) in [5.41, 5.74) is 0. The molecule has 11 heavy (non-hydrogen) atoms. The molecule has 0 radical (unpaired) electrons. The monoisotopic (exact) mass is 154 g/mol. The quantitative estimate of drug-likeness (QED) is 0.572. The molecule has 0 aliphatic carbocycles. The van der Waals surface area contributed by atoms with E-state index in [2.05, 4.69) is 0 Å². The van der Waals surface area contributed by atoms with Gasteiger partial charge in [-0.2, -0.15) is 0 Å². The van der Waals surface area contributed by atoms with Crippen LogP contribution >= 0.6 is 0 Å². The van der Waals surface area contributed by atoms with E-state index in [9.17, 15) is 0 Å². The molecule has 0 bridgehead atoms. The average Bonchev–Trinajstić information content (AvgIpc) is 2.33. The molecule has 2 nitrogen and oxygen atoms in total. The third-order valence-electron chi connectivity index (χ3n) is 1.28. The van der Waals surface area contributed by atoms with Crippen LogP contribution in [0.25, 0.3) is 0 Å². The maximum atomic E-state index is 5.08. The first-order chi connectivity index (χ1) is 4.47. The van der Waals surface area contributed by atoms with Crippen molar-refractivity contribution in [3.05, 3.63) is 24.3 Å². The fraction of sp³-hybridized carbons (Fsp3) is 0.333. The Bertz CT molecular complexity index is 198. The molecular weight excluding hydrogens is 140 g/mol. The molecule has 1 aliphatic heterocycles. The lowest BCUT2D eigenvalue weighted by Crippen LogP contribution is -1.92. The molecule has 1 aromatic rings. The van der Waals surface area contributed by atoms with Crippen LogP contribution in [-0.4, -0.2) is 6.79 Å². The fourth-order valence-corrected chi connectivity index (χ4v) is 0.845. The largest absolute Gasteiger partial charge is 0.454 e. The smallest absolute Gasteiger partial charge is 0.231 e. The molecule has 2 heteroatoms. The molecule has 0 saturated heterocycles. The maximum absolute atomic E-state index is 5.08. The number of hydrogen-bond acceptors (Lipinski definition) is 2. The maximum Gasteiger partial charge on any atom is 0.231 e. The van der Waals surface area contributed by atoms with Crippen LogP contribution < -0.4 is 9.47 Å². The van der Waals surface area contributed by atoms with Crippen LogP contribution in [0.3, 0.4) is 0 Å². The van der Waals surface area contributed by atoms with Crippen molar-refractivity contribution in [3.63, 3.8) is 0 Å². The zero-order chi connectivity index (χ0) is 6.10. The second kappa shape index (κ2) is 3.86. The Morgan fingerprint density at radius 1 is 0.909 bits per heavy atom. The Labute approximate surface area is 67.8 Å². The molecule has 1 aromatic carbocycles. The minimum atomic E-state index is 0. The molecule has 0 amide bonds. The van der Waals surface area contributed by atoms with Crippen LogP contribution in [0, 0.1) is 0 Å². The van der Waals surface area contributed by atoms with Crippen LogP contribution in [0.4, 0.5) is 0 Å². The van der Waals surface area contributed by atoms with Crippen LogP contribution in [0.15, 0.2) is 24.3 Å². The minimum Gasteiger partial charge on any atom is -0.454 e. The van der Waals surface area contributed by atoms with Gasteiger partial charge in [0.2, 0.25) is 6.79 Å². The number of hydrogen-bond donors (Lipinski definition) is 0.